The van der Waals surface area contributed by atoms with Gasteiger partial charge in [-0.05, 0) is 36.4 Å². The first-order valence-electron chi connectivity index (χ1n) is 6.46. The molecule has 112 valence electrons. The van der Waals surface area contributed by atoms with E-state index in [0.29, 0.717) is 5.69 Å². The van der Waals surface area contributed by atoms with Crippen molar-refractivity contribution in [3.63, 3.8) is 0 Å². The summed E-state index contributed by atoms with van der Waals surface area (Å²) in [5.41, 5.74) is 5.94. The molecule has 6 nitrogen and oxygen atoms in total. The quantitative estimate of drug-likeness (QED) is 0.899. The Labute approximate surface area is 127 Å². The summed E-state index contributed by atoms with van der Waals surface area (Å²) in [4.78, 5) is 23.2. The highest BCUT2D eigenvalue weighted by Gasteiger charge is 2.35. The molecule has 0 atom stereocenters. The van der Waals surface area contributed by atoms with Gasteiger partial charge in [0, 0.05) is 11.1 Å². The molecule has 3 rings (SSSR count). The number of anilines is 1. The maximum atomic E-state index is 12.7. The molecule has 0 bridgehead atoms. The Morgan fingerprint density at radius 1 is 1.05 bits per heavy atom. The van der Waals surface area contributed by atoms with Gasteiger partial charge >= 0.3 is 0 Å². The molecule has 0 saturated carbocycles. The van der Waals surface area contributed by atoms with Crippen molar-refractivity contribution >= 4 is 27.4 Å². The molecule has 1 aliphatic rings. The number of carbonyl (C=O) groups is 2. The van der Waals surface area contributed by atoms with Gasteiger partial charge in [-0.15, -0.1) is 0 Å². The highest BCUT2D eigenvalue weighted by molar-refractivity contribution is 7.93. The molecule has 0 aromatic heterocycles. The van der Waals surface area contributed by atoms with Gasteiger partial charge in [0.25, 0.3) is 10.0 Å². The van der Waals surface area contributed by atoms with Gasteiger partial charge in [-0.25, -0.2) is 8.42 Å². The lowest BCUT2D eigenvalue weighted by Crippen LogP contribution is -2.41. The van der Waals surface area contributed by atoms with E-state index in [1.54, 1.807) is 12.1 Å². The Morgan fingerprint density at radius 3 is 2.32 bits per heavy atom. The summed E-state index contributed by atoms with van der Waals surface area (Å²) in [7, 11) is -3.81. The molecule has 1 amide bonds. The minimum Gasteiger partial charge on any atom is -0.366 e. The van der Waals surface area contributed by atoms with Gasteiger partial charge in [-0.1, -0.05) is 12.1 Å². The summed E-state index contributed by atoms with van der Waals surface area (Å²) in [5, 5.41) is 0. The summed E-state index contributed by atoms with van der Waals surface area (Å²) in [6, 6.07) is 11.9. The van der Waals surface area contributed by atoms with E-state index in [0.717, 1.165) is 4.31 Å². The maximum Gasteiger partial charge on any atom is 0.265 e. The molecule has 0 spiro atoms. The Kier molecular flexibility index (Phi) is 3.22. The first kappa shape index (κ1) is 14.3. The molecule has 2 N–H and O–H groups in total. The fourth-order valence-electron chi connectivity index (χ4n) is 2.36. The molecule has 0 fully saturated rings. The fraction of sp³-hybridized carbons (Fsp3) is 0.0667. The van der Waals surface area contributed by atoms with Crippen molar-refractivity contribution in [2.45, 2.75) is 4.90 Å². The van der Waals surface area contributed by atoms with Gasteiger partial charge in [0.05, 0.1) is 17.1 Å². The van der Waals surface area contributed by atoms with Crippen molar-refractivity contribution in [3.8, 4) is 0 Å². The molecule has 7 heteroatoms. The minimum absolute atomic E-state index is 0.00905. The van der Waals surface area contributed by atoms with Crippen LogP contribution in [0, 0.1) is 0 Å². The van der Waals surface area contributed by atoms with Crippen LogP contribution in [0.5, 0.6) is 0 Å². The zero-order valence-corrected chi connectivity index (χ0v) is 12.2. The monoisotopic (exact) mass is 316 g/mol. The summed E-state index contributed by atoms with van der Waals surface area (Å²) >= 11 is 0. The van der Waals surface area contributed by atoms with Crippen LogP contribution in [-0.4, -0.2) is 26.7 Å². The number of Topliss-reactive ketones (excluding diaryl/α,β-unsaturated/α-hetero) is 1. The molecule has 1 aliphatic heterocycles. The molecular weight excluding hydrogens is 304 g/mol. The van der Waals surface area contributed by atoms with Gasteiger partial charge in [0.1, 0.15) is 0 Å². The number of rotatable bonds is 2. The molecule has 2 aromatic carbocycles. The standard InChI is InChI=1S/C15H12N2O4S/c16-15(19)10-5-7-11(8-6-10)17-9-13(18)12-3-1-2-4-14(12)22(17,20)21/h1-8H,9H2,(H2,16,19). The van der Waals surface area contributed by atoms with Crippen LogP contribution in [0.15, 0.2) is 53.4 Å². The van der Waals surface area contributed by atoms with Crippen molar-refractivity contribution in [1.29, 1.82) is 0 Å². The molecule has 0 unspecified atom stereocenters. The first-order valence-corrected chi connectivity index (χ1v) is 7.90. The summed E-state index contributed by atoms with van der Waals surface area (Å²) in [6.07, 6.45) is 0. The Balaban J connectivity index is 2.09. The average Bonchev–Trinajstić information content (AvgIpc) is 2.51. The lowest BCUT2D eigenvalue weighted by Gasteiger charge is -2.29. The SMILES string of the molecule is NC(=O)c1ccc(N2CC(=O)c3ccccc3S2(=O)=O)cc1. The van der Waals surface area contributed by atoms with Crippen molar-refractivity contribution in [1.82, 2.24) is 0 Å². The molecule has 0 aliphatic carbocycles. The highest BCUT2D eigenvalue weighted by atomic mass is 32.2. The molecule has 0 saturated heterocycles. The lowest BCUT2D eigenvalue weighted by atomic mass is 10.1. The second-order valence-electron chi connectivity index (χ2n) is 4.84. The van der Waals surface area contributed by atoms with Crippen LogP contribution in [0.3, 0.4) is 0 Å². The number of fused-ring (bicyclic) bond motifs is 1. The predicted molar refractivity (Wildman–Crippen MR) is 80.3 cm³/mol. The molecule has 1 heterocycles. The van der Waals surface area contributed by atoms with Crippen LogP contribution in [0.1, 0.15) is 20.7 Å². The zero-order valence-electron chi connectivity index (χ0n) is 11.4. The predicted octanol–water partition coefficient (Wildman–Crippen LogP) is 1.18. The van der Waals surface area contributed by atoms with E-state index in [-0.39, 0.29) is 28.4 Å². The van der Waals surface area contributed by atoms with Crippen LogP contribution in [-0.2, 0) is 10.0 Å². The third-order valence-electron chi connectivity index (χ3n) is 3.48. The lowest BCUT2D eigenvalue weighted by molar-refractivity contribution is 0.0989. The van der Waals surface area contributed by atoms with E-state index in [9.17, 15) is 18.0 Å². The summed E-state index contributed by atoms with van der Waals surface area (Å²) in [6.45, 7) is -0.269. The average molecular weight is 316 g/mol. The number of hydrogen-bond acceptors (Lipinski definition) is 4. The normalized spacial score (nSPS) is 16.2. The van der Waals surface area contributed by atoms with Gasteiger partial charge in [0.15, 0.2) is 5.78 Å². The third-order valence-corrected chi connectivity index (χ3v) is 5.31. The molecular formula is C15H12N2O4S. The van der Waals surface area contributed by atoms with E-state index in [1.165, 1.54) is 36.4 Å². The first-order chi connectivity index (χ1) is 10.4. The van der Waals surface area contributed by atoms with Gasteiger partial charge in [0.2, 0.25) is 5.91 Å². The second kappa shape index (κ2) is 4.96. The molecule has 2 aromatic rings. The number of amides is 1. The zero-order chi connectivity index (χ0) is 15.9. The summed E-state index contributed by atoms with van der Waals surface area (Å²) in [5.74, 6) is -0.876. The van der Waals surface area contributed by atoms with Crippen LogP contribution in [0.4, 0.5) is 5.69 Å². The largest absolute Gasteiger partial charge is 0.366 e. The Morgan fingerprint density at radius 2 is 1.68 bits per heavy atom. The number of primary amides is 1. The van der Waals surface area contributed by atoms with E-state index >= 15 is 0 Å². The van der Waals surface area contributed by atoms with Crippen LogP contribution in [0.2, 0.25) is 0 Å². The van der Waals surface area contributed by atoms with Gasteiger partial charge in [-0.2, -0.15) is 0 Å². The second-order valence-corrected chi connectivity index (χ2v) is 6.67. The van der Waals surface area contributed by atoms with Gasteiger partial charge in [-0.3, -0.25) is 13.9 Å². The third kappa shape index (κ3) is 2.15. The molecule has 0 radical (unpaired) electrons. The van der Waals surface area contributed by atoms with Crippen LogP contribution < -0.4 is 10.0 Å². The van der Waals surface area contributed by atoms with E-state index in [2.05, 4.69) is 0 Å². The summed E-state index contributed by atoms with van der Waals surface area (Å²) < 4.78 is 26.3. The molecule has 22 heavy (non-hydrogen) atoms. The Bertz CT molecular complexity index is 873. The number of benzene rings is 2. The Hall–Kier alpha value is -2.67. The van der Waals surface area contributed by atoms with Crippen molar-refractivity contribution < 1.29 is 18.0 Å². The number of hydrogen-bond donors (Lipinski definition) is 1. The fourth-order valence-corrected chi connectivity index (χ4v) is 4.00. The van der Waals surface area contributed by atoms with Crippen molar-refractivity contribution in [2.24, 2.45) is 5.73 Å². The van der Waals surface area contributed by atoms with E-state index in [1.807, 2.05) is 0 Å². The van der Waals surface area contributed by atoms with E-state index in [4.69, 9.17) is 5.73 Å². The number of nitrogens with zero attached hydrogens (tertiary/aromatic N) is 1. The number of carbonyl (C=O) groups excluding carboxylic acids is 2. The number of nitrogens with two attached hydrogens (primary N) is 1. The van der Waals surface area contributed by atoms with Crippen molar-refractivity contribution in [3.05, 3.63) is 59.7 Å². The van der Waals surface area contributed by atoms with Crippen molar-refractivity contribution in [2.75, 3.05) is 10.8 Å². The topological polar surface area (TPSA) is 97.5 Å². The number of sulfonamides is 1. The van der Waals surface area contributed by atoms with Gasteiger partial charge < -0.3 is 5.73 Å². The highest BCUT2D eigenvalue weighted by Crippen LogP contribution is 2.30. The maximum absolute atomic E-state index is 12.7. The smallest absolute Gasteiger partial charge is 0.265 e. The van der Waals surface area contributed by atoms with E-state index < -0.39 is 15.9 Å². The van der Waals surface area contributed by atoms with Crippen LogP contribution in [0.25, 0.3) is 0 Å². The number of ketones is 1. The van der Waals surface area contributed by atoms with Crippen LogP contribution >= 0.6 is 0 Å². The minimum atomic E-state index is -3.81.